The van der Waals surface area contributed by atoms with Crippen molar-refractivity contribution in [2.75, 3.05) is 16.9 Å². The highest BCUT2D eigenvalue weighted by Gasteiger charge is 2.28. The second kappa shape index (κ2) is 9.00. The first kappa shape index (κ1) is 21.1. The average molecular weight is 454 g/mol. The van der Waals surface area contributed by atoms with Gasteiger partial charge in [-0.15, -0.1) is 11.8 Å². The van der Waals surface area contributed by atoms with Gasteiger partial charge >= 0.3 is 0 Å². The van der Waals surface area contributed by atoms with Crippen molar-refractivity contribution in [1.82, 2.24) is 4.57 Å². The van der Waals surface area contributed by atoms with Crippen LogP contribution in [0.25, 0.3) is 0 Å². The van der Waals surface area contributed by atoms with Gasteiger partial charge in [0, 0.05) is 40.3 Å². The number of fused-ring (bicyclic) bond motifs is 2. The molecule has 1 aromatic heterocycles. The summed E-state index contributed by atoms with van der Waals surface area (Å²) < 4.78 is 2.11. The Morgan fingerprint density at radius 3 is 2.52 bits per heavy atom. The lowest BCUT2D eigenvalue weighted by Gasteiger charge is -2.18. The first-order valence-corrected chi connectivity index (χ1v) is 11.9. The first-order chi connectivity index (χ1) is 16.1. The number of Topliss-reactive ketones (excluding diaryl/α,β-unsaturated/α-hetero) is 1. The second-order valence-electron chi connectivity index (χ2n) is 7.89. The molecule has 5 rings (SSSR count). The number of ketones is 1. The van der Waals surface area contributed by atoms with E-state index in [9.17, 15) is 9.59 Å². The minimum Gasteiger partial charge on any atom is -0.370 e. The molecule has 33 heavy (non-hydrogen) atoms. The molecule has 0 radical (unpaired) electrons. The van der Waals surface area contributed by atoms with Gasteiger partial charge in [-0.05, 0) is 66.4 Å². The lowest BCUT2D eigenvalue weighted by atomic mass is 10.0. The molecule has 6 heteroatoms. The number of rotatable bonds is 5. The van der Waals surface area contributed by atoms with E-state index in [1.165, 1.54) is 11.8 Å². The number of anilines is 2. The maximum atomic E-state index is 13.5. The first-order valence-electron chi connectivity index (χ1n) is 10.7. The number of hydrogen-bond donors (Lipinski definition) is 2. The minimum absolute atomic E-state index is 0.0164. The van der Waals surface area contributed by atoms with Crippen LogP contribution in [0.15, 0.2) is 96.0 Å². The van der Waals surface area contributed by atoms with E-state index in [-0.39, 0.29) is 11.7 Å². The Kier molecular flexibility index (Phi) is 5.75. The summed E-state index contributed by atoms with van der Waals surface area (Å²) in [7, 11) is 0. The number of carbonyl (C=O) groups excluding carboxylic acids is 2. The predicted octanol–water partition coefficient (Wildman–Crippen LogP) is 5.86. The molecule has 1 amide bonds. The molecule has 4 aromatic rings. The van der Waals surface area contributed by atoms with Crippen molar-refractivity contribution in [3.8, 4) is 0 Å². The van der Waals surface area contributed by atoms with Crippen LogP contribution in [0.5, 0.6) is 0 Å². The van der Waals surface area contributed by atoms with Crippen LogP contribution in [0.2, 0.25) is 0 Å². The van der Waals surface area contributed by atoms with Gasteiger partial charge in [-0.1, -0.05) is 30.3 Å². The van der Waals surface area contributed by atoms with Crippen LogP contribution in [0.1, 0.15) is 38.0 Å². The van der Waals surface area contributed by atoms with Crippen molar-refractivity contribution >= 4 is 34.8 Å². The van der Waals surface area contributed by atoms with Gasteiger partial charge < -0.3 is 15.2 Å². The number of nitrogens with one attached hydrogen (secondary N) is 2. The summed E-state index contributed by atoms with van der Waals surface area (Å²) in [6.45, 7) is 0.720. The van der Waals surface area contributed by atoms with Crippen molar-refractivity contribution < 1.29 is 9.59 Å². The quantitative estimate of drug-likeness (QED) is 0.293. The molecule has 164 valence electrons. The molecular weight excluding hydrogens is 430 g/mol. The molecule has 1 aliphatic heterocycles. The van der Waals surface area contributed by atoms with Crippen molar-refractivity contribution in [2.24, 2.45) is 0 Å². The van der Waals surface area contributed by atoms with Crippen LogP contribution in [0.3, 0.4) is 0 Å². The lowest BCUT2D eigenvalue weighted by molar-refractivity contribution is 0.0966. The molecule has 2 heterocycles. The Labute approximate surface area is 196 Å². The zero-order chi connectivity index (χ0) is 22.8. The molecule has 0 fully saturated rings. The summed E-state index contributed by atoms with van der Waals surface area (Å²) in [5, 5.41) is 6.37. The Balaban J connectivity index is 1.37. The minimum atomic E-state index is -0.488. The zero-order valence-corrected chi connectivity index (χ0v) is 18.9. The Hall–Kier alpha value is -3.77. The van der Waals surface area contributed by atoms with Crippen LogP contribution < -0.4 is 10.6 Å². The van der Waals surface area contributed by atoms with Gasteiger partial charge in [-0.2, -0.15) is 0 Å². The van der Waals surface area contributed by atoms with E-state index >= 15 is 0 Å². The smallest absolute Gasteiger partial charge is 0.256 e. The number of aromatic nitrogens is 1. The van der Waals surface area contributed by atoms with E-state index in [0.29, 0.717) is 16.8 Å². The van der Waals surface area contributed by atoms with E-state index in [1.54, 1.807) is 24.3 Å². The normalized spacial score (nSPS) is 14.4. The second-order valence-corrected chi connectivity index (χ2v) is 8.74. The summed E-state index contributed by atoms with van der Waals surface area (Å²) >= 11 is 1.53. The molecule has 2 N–H and O–H groups in total. The number of carbonyl (C=O) groups is 2. The maximum absolute atomic E-state index is 13.5. The SMILES string of the molecule is CSc1ccccc1C(=O)Nc1ccc(C(=O)C2Nc3ccccc3Cn3cccc32)cc1. The highest BCUT2D eigenvalue weighted by molar-refractivity contribution is 7.98. The zero-order valence-electron chi connectivity index (χ0n) is 18.1. The van der Waals surface area contributed by atoms with Crippen molar-refractivity contribution in [3.05, 3.63) is 114 Å². The third-order valence-electron chi connectivity index (χ3n) is 5.86. The number of thioether (sulfide) groups is 1. The Morgan fingerprint density at radius 1 is 0.939 bits per heavy atom. The summed E-state index contributed by atoms with van der Waals surface area (Å²) in [5.41, 5.74) is 4.91. The predicted molar refractivity (Wildman–Crippen MR) is 133 cm³/mol. The molecule has 0 saturated carbocycles. The van der Waals surface area contributed by atoms with Gasteiger partial charge in [0.25, 0.3) is 5.91 Å². The highest BCUT2D eigenvalue weighted by Crippen LogP contribution is 2.31. The Bertz CT molecular complexity index is 1330. The number of benzene rings is 3. The van der Waals surface area contributed by atoms with Gasteiger partial charge in [0.2, 0.25) is 0 Å². The van der Waals surface area contributed by atoms with Crippen LogP contribution in [0, 0.1) is 0 Å². The fourth-order valence-electron chi connectivity index (χ4n) is 4.16. The number of hydrogen-bond acceptors (Lipinski definition) is 4. The standard InChI is InChI=1S/C27H23N3O2S/c1-33-24-11-5-3-8-21(24)27(32)28-20-14-12-18(13-15-20)26(31)25-23-10-6-16-30(23)17-19-7-2-4-9-22(19)29-25/h2-16,25,29H,17H2,1H3,(H,28,32). The monoisotopic (exact) mass is 453 g/mol. The molecule has 0 saturated heterocycles. The van der Waals surface area contributed by atoms with Crippen LogP contribution in [-0.4, -0.2) is 22.5 Å². The van der Waals surface area contributed by atoms with Gasteiger partial charge in [0.15, 0.2) is 5.78 Å². The van der Waals surface area contributed by atoms with Gasteiger partial charge in [-0.3, -0.25) is 9.59 Å². The molecule has 1 unspecified atom stereocenters. The van der Waals surface area contributed by atoms with Crippen LogP contribution in [0.4, 0.5) is 11.4 Å². The van der Waals surface area contributed by atoms with E-state index in [1.807, 2.05) is 67.0 Å². The summed E-state index contributed by atoms with van der Waals surface area (Å²) in [6, 6.07) is 26.1. The summed E-state index contributed by atoms with van der Waals surface area (Å²) in [4.78, 5) is 27.1. The summed E-state index contributed by atoms with van der Waals surface area (Å²) in [5.74, 6) is -0.184. The molecule has 0 bridgehead atoms. The van der Waals surface area contributed by atoms with E-state index in [2.05, 4.69) is 21.3 Å². The van der Waals surface area contributed by atoms with Crippen LogP contribution >= 0.6 is 11.8 Å². The van der Waals surface area contributed by atoms with E-state index in [0.717, 1.165) is 28.4 Å². The van der Waals surface area contributed by atoms with E-state index < -0.39 is 6.04 Å². The van der Waals surface area contributed by atoms with Gasteiger partial charge in [0.05, 0.1) is 5.56 Å². The van der Waals surface area contributed by atoms with Gasteiger partial charge in [0.1, 0.15) is 6.04 Å². The molecule has 1 atom stereocenters. The molecule has 1 aliphatic rings. The third kappa shape index (κ3) is 4.17. The molecule has 0 spiro atoms. The lowest BCUT2D eigenvalue weighted by Crippen LogP contribution is -2.22. The third-order valence-corrected chi connectivity index (χ3v) is 6.66. The average Bonchev–Trinajstić information content (AvgIpc) is 3.25. The van der Waals surface area contributed by atoms with E-state index in [4.69, 9.17) is 0 Å². The van der Waals surface area contributed by atoms with Crippen molar-refractivity contribution in [3.63, 3.8) is 0 Å². The largest absolute Gasteiger partial charge is 0.370 e. The number of amides is 1. The summed E-state index contributed by atoms with van der Waals surface area (Å²) in [6.07, 6.45) is 3.95. The molecular formula is C27H23N3O2S. The fourth-order valence-corrected chi connectivity index (χ4v) is 4.76. The number of nitrogens with zero attached hydrogens (tertiary/aromatic N) is 1. The van der Waals surface area contributed by atoms with Crippen LogP contribution in [-0.2, 0) is 6.54 Å². The fraction of sp³-hybridized carbons (Fsp3) is 0.111. The molecule has 3 aromatic carbocycles. The van der Waals surface area contributed by atoms with Crippen molar-refractivity contribution in [2.45, 2.75) is 17.5 Å². The number of para-hydroxylation sites is 1. The maximum Gasteiger partial charge on any atom is 0.256 e. The van der Waals surface area contributed by atoms with Crippen molar-refractivity contribution in [1.29, 1.82) is 0 Å². The van der Waals surface area contributed by atoms with Gasteiger partial charge in [-0.25, -0.2) is 0 Å². The highest BCUT2D eigenvalue weighted by atomic mass is 32.2. The molecule has 0 aliphatic carbocycles. The topological polar surface area (TPSA) is 63.1 Å². The molecule has 5 nitrogen and oxygen atoms in total. The Morgan fingerprint density at radius 2 is 1.70 bits per heavy atom.